The highest BCUT2D eigenvalue weighted by molar-refractivity contribution is 6.30. The molecule has 0 fully saturated rings. The number of pyridine rings is 1. The van der Waals surface area contributed by atoms with E-state index >= 15 is 0 Å². The predicted molar refractivity (Wildman–Crippen MR) is 102 cm³/mol. The maximum atomic E-state index is 12.6. The number of nitrogens with zero attached hydrogens (tertiary/aromatic N) is 2. The van der Waals surface area contributed by atoms with E-state index in [9.17, 15) is 9.59 Å². The van der Waals surface area contributed by atoms with E-state index in [1.165, 1.54) is 0 Å². The molecule has 1 unspecified atom stereocenters. The van der Waals surface area contributed by atoms with Crippen LogP contribution in [0, 0.1) is 25.2 Å². The molecule has 0 spiro atoms. The zero-order valence-electron chi connectivity index (χ0n) is 15.4. The van der Waals surface area contributed by atoms with Gasteiger partial charge in [0.1, 0.15) is 11.6 Å². The Morgan fingerprint density at radius 3 is 2.69 bits per heavy atom. The SMILES string of the molecule is Cc1[nH]c(=O)c(C#N)c(C)c1CCC(=O)N(C)C(C)c1cccc(Cl)c1. The van der Waals surface area contributed by atoms with Crippen LogP contribution in [-0.4, -0.2) is 22.8 Å². The minimum Gasteiger partial charge on any atom is -0.339 e. The van der Waals surface area contributed by atoms with E-state index in [0.717, 1.165) is 11.1 Å². The summed E-state index contributed by atoms with van der Waals surface area (Å²) in [7, 11) is 1.77. The Morgan fingerprint density at radius 2 is 2.08 bits per heavy atom. The van der Waals surface area contributed by atoms with Gasteiger partial charge in [0.05, 0.1) is 6.04 Å². The zero-order chi connectivity index (χ0) is 19.4. The standard InChI is InChI=1S/C20H22ClN3O2/c1-12-17(13(2)23-20(26)18(12)11-22)8-9-19(25)24(4)14(3)15-6-5-7-16(21)10-15/h5-7,10,14H,8-9H2,1-4H3,(H,23,26). The molecular weight excluding hydrogens is 350 g/mol. The molecule has 1 aromatic heterocycles. The maximum absolute atomic E-state index is 12.6. The average molecular weight is 372 g/mol. The van der Waals surface area contributed by atoms with Gasteiger partial charge in [0, 0.05) is 24.2 Å². The van der Waals surface area contributed by atoms with Gasteiger partial charge in [-0.3, -0.25) is 9.59 Å². The molecule has 136 valence electrons. The Labute approximate surface area is 158 Å². The van der Waals surface area contributed by atoms with Crippen molar-refractivity contribution in [2.24, 2.45) is 0 Å². The smallest absolute Gasteiger partial charge is 0.266 e. The number of halogens is 1. The third-order valence-electron chi connectivity index (χ3n) is 4.81. The number of hydrogen-bond donors (Lipinski definition) is 1. The average Bonchev–Trinajstić information content (AvgIpc) is 2.60. The predicted octanol–water partition coefficient (Wildman–Crippen LogP) is 3.67. The number of rotatable bonds is 5. The molecule has 0 aliphatic heterocycles. The zero-order valence-corrected chi connectivity index (χ0v) is 16.1. The van der Waals surface area contributed by atoms with Crippen LogP contribution in [-0.2, 0) is 11.2 Å². The molecule has 1 heterocycles. The van der Waals surface area contributed by atoms with Gasteiger partial charge in [-0.2, -0.15) is 5.26 Å². The molecule has 1 N–H and O–H groups in total. The number of benzene rings is 1. The number of amides is 1. The van der Waals surface area contributed by atoms with E-state index in [2.05, 4.69) is 4.98 Å². The van der Waals surface area contributed by atoms with E-state index in [4.69, 9.17) is 16.9 Å². The van der Waals surface area contributed by atoms with Crippen molar-refractivity contribution in [3.05, 3.63) is 67.6 Å². The Morgan fingerprint density at radius 1 is 1.38 bits per heavy atom. The maximum Gasteiger partial charge on any atom is 0.266 e. The Bertz CT molecular complexity index is 928. The van der Waals surface area contributed by atoms with Crippen molar-refractivity contribution in [3.8, 4) is 6.07 Å². The molecule has 2 rings (SSSR count). The Hall–Kier alpha value is -2.58. The highest BCUT2D eigenvalue weighted by atomic mass is 35.5. The van der Waals surface area contributed by atoms with E-state index in [1.54, 1.807) is 31.9 Å². The first-order valence-electron chi connectivity index (χ1n) is 8.39. The van der Waals surface area contributed by atoms with Crippen LogP contribution in [0.15, 0.2) is 29.1 Å². The van der Waals surface area contributed by atoms with Gasteiger partial charge in [0.25, 0.3) is 5.56 Å². The largest absolute Gasteiger partial charge is 0.339 e. The number of nitrogens with one attached hydrogen (secondary N) is 1. The molecule has 0 aliphatic rings. The minimum absolute atomic E-state index is 0.0130. The Kier molecular flexibility index (Phi) is 6.23. The van der Waals surface area contributed by atoms with Gasteiger partial charge in [0.2, 0.25) is 5.91 Å². The number of aromatic nitrogens is 1. The van der Waals surface area contributed by atoms with Crippen LogP contribution < -0.4 is 5.56 Å². The summed E-state index contributed by atoms with van der Waals surface area (Å²) in [6, 6.07) is 9.29. The molecule has 0 aliphatic carbocycles. The lowest BCUT2D eigenvalue weighted by atomic mass is 9.98. The van der Waals surface area contributed by atoms with Crippen molar-refractivity contribution in [1.29, 1.82) is 5.26 Å². The topological polar surface area (TPSA) is 77.0 Å². The lowest BCUT2D eigenvalue weighted by Gasteiger charge is -2.26. The third-order valence-corrected chi connectivity index (χ3v) is 5.05. The van der Waals surface area contributed by atoms with E-state index in [-0.39, 0.29) is 23.1 Å². The minimum atomic E-state index is -0.385. The van der Waals surface area contributed by atoms with Crippen LogP contribution in [0.2, 0.25) is 5.02 Å². The second-order valence-corrected chi connectivity index (χ2v) is 6.84. The fourth-order valence-corrected chi connectivity index (χ4v) is 3.23. The Balaban J connectivity index is 2.14. The van der Waals surface area contributed by atoms with E-state index in [0.29, 0.717) is 29.1 Å². The highest BCUT2D eigenvalue weighted by Gasteiger charge is 2.19. The van der Waals surface area contributed by atoms with Gasteiger partial charge in [-0.15, -0.1) is 0 Å². The molecule has 0 bridgehead atoms. The van der Waals surface area contributed by atoms with Gasteiger partial charge in [-0.25, -0.2) is 0 Å². The fourth-order valence-electron chi connectivity index (χ4n) is 3.03. The summed E-state index contributed by atoms with van der Waals surface area (Å²) >= 11 is 6.03. The number of hydrogen-bond acceptors (Lipinski definition) is 3. The summed E-state index contributed by atoms with van der Waals surface area (Å²) < 4.78 is 0. The number of aryl methyl sites for hydroxylation is 1. The van der Waals surface area contributed by atoms with Gasteiger partial charge in [-0.05, 0) is 56.0 Å². The summed E-state index contributed by atoms with van der Waals surface area (Å²) in [4.78, 5) is 28.8. The second kappa shape index (κ2) is 8.20. The molecule has 0 saturated heterocycles. The second-order valence-electron chi connectivity index (χ2n) is 6.41. The molecule has 1 atom stereocenters. The third kappa shape index (κ3) is 4.14. The molecule has 0 radical (unpaired) electrons. The van der Waals surface area contributed by atoms with E-state index < -0.39 is 0 Å². The molecule has 0 saturated carbocycles. The van der Waals surface area contributed by atoms with Crippen molar-refractivity contribution in [2.75, 3.05) is 7.05 Å². The molecule has 5 nitrogen and oxygen atoms in total. The first-order chi connectivity index (χ1) is 12.3. The number of carbonyl (C=O) groups is 1. The number of nitriles is 1. The molecule has 1 aromatic carbocycles. The summed E-state index contributed by atoms with van der Waals surface area (Å²) in [6.45, 7) is 5.49. The van der Waals surface area contributed by atoms with Gasteiger partial charge in [0.15, 0.2) is 0 Å². The van der Waals surface area contributed by atoms with Crippen molar-refractivity contribution >= 4 is 17.5 Å². The summed E-state index contributed by atoms with van der Waals surface area (Å²) in [6.07, 6.45) is 0.758. The lowest BCUT2D eigenvalue weighted by Crippen LogP contribution is -2.30. The lowest BCUT2D eigenvalue weighted by molar-refractivity contribution is -0.131. The molecule has 2 aromatic rings. The normalized spacial score (nSPS) is 11.7. The number of H-pyrrole nitrogens is 1. The van der Waals surface area contributed by atoms with Crippen LogP contribution in [0.3, 0.4) is 0 Å². The first kappa shape index (κ1) is 19.7. The monoisotopic (exact) mass is 371 g/mol. The number of aromatic amines is 1. The number of carbonyl (C=O) groups excluding carboxylic acids is 1. The summed E-state index contributed by atoms with van der Waals surface area (Å²) in [5, 5.41) is 9.78. The first-order valence-corrected chi connectivity index (χ1v) is 8.77. The molecule has 1 amide bonds. The van der Waals surface area contributed by atoms with Crippen LogP contribution in [0.1, 0.15) is 47.3 Å². The van der Waals surface area contributed by atoms with Crippen LogP contribution in [0.4, 0.5) is 0 Å². The van der Waals surface area contributed by atoms with Crippen LogP contribution >= 0.6 is 11.6 Å². The van der Waals surface area contributed by atoms with Crippen molar-refractivity contribution in [2.45, 2.75) is 39.7 Å². The van der Waals surface area contributed by atoms with Crippen molar-refractivity contribution in [3.63, 3.8) is 0 Å². The van der Waals surface area contributed by atoms with E-state index in [1.807, 2.05) is 31.2 Å². The highest BCUT2D eigenvalue weighted by Crippen LogP contribution is 2.23. The molecule has 6 heteroatoms. The van der Waals surface area contributed by atoms with Gasteiger partial charge >= 0.3 is 0 Å². The van der Waals surface area contributed by atoms with Gasteiger partial charge in [-0.1, -0.05) is 23.7 Å². The van der Waals surface area contributed by atoms with Crippen LogP contribution in [0.5, 0.6) is 0 Å². The van der Waals surface area contributed by atoms with Crippen LogP contribution in [0.25, 0.3) is 0 Å². The van der Waals surface area contributed by atoms with Gasteiger partial charge < -0.3 is 9.88 Å². The van der Waals surface area contributed by atoms with Crippen molar-refractivity contribution < 1.29 is 4.79 Å². The summed E-state index contributed by atoms with van der Waals surface area (Å²) in [5.41, 5.74) is 2.88. The molecular formula is C20H22ClN3O2. The molecule has 26 heavy (non-hydrogen) atoms. The van der Waals surface area contributed by atoms with Crippen molar-refractivity contribution in [1.82, 2.24) is 9.88 Å². The quantitative estimate of drug-likeness (QED) is 0.871. The fraction of sp³-hybridized carbons (Fsp3) is 0.350. The summed E-state index contributed by atoms with van der Waals surface area (Å²) in [5.74, 6) is -0.0130.